The van der Waals surface area contributed by atoms with Crippen LogP contribution in [0.1, 0.15) is 59.3 Å². The van der Waals surface area contributed by atoms with Crippen LogP contribution in [0.5, 0.6) is 0 Å². The van der Waals surface area contributed by atoms with Crippen LogP contribution in [0, 0.1) is 17.3 Å². The molecule has 1 aliphatic carbocycles. The van der Waals surface area contributed by atoms with E-state index >= 15 is 0 Å². The first-order valence-electron chi connectivity index (χ1n) is 9.51. The molecular formula is C19H32N2O3. The van der Waals surface area contributed by atoms with E-state index in [0.29, 0.717) is 32.1 Å². The zero-order valence-corrected chi connectivity index (χ0v) is 15.4. The summed E-state index contributed by atoms with van der Waals surface area (Å²) in [5.41, 5.74) is -1.11. The van der Waals surface area contributed by atoms with Gasteiger partial charge in [0.05, 0.1) is 5.60 Å². The monoisotopic (exact) mass is 336 g/mol. The van der Waals surface area contributed by atoms with Crippen molar-refractivity contribution in [3.05, 3.63) is 0 Å². The van der Waals surface area contributed by atoms with Crippen LogP contribution in [0.25, 0.3) is 0 Å². The largest absolute Gasteiger partial charge is 0.388 e. The Balaban J connectivity index is 1.53. The molecule has 2 saturated heterocycles. The molecule has 5 heteroatoms. The number of carbonyl (C=O) groups is 2. The molecule has 1 N–H and O–H groups in total. The average Bonchev–Trinajstić information content (AvgIpc) is 3.13. The van der Waals surface area contributed by atoms with Crippen molar-refractivity contribution >= 4 is 11.8 Å². The van der Waals surface area contributed by atoms with Gasteiger partial charge in [-0.15, -0.1) is 0 Å². The molecule has 0 aromatic heterocycles. The van der Waals surface area contributed by atoms with Crippen LogP contribution < -0.4 is 0 Å². The molecule has 3 fully saturated rings. The Bertz CT molecular complexity index is 485. The van der Waals surface area contributed by atoms with Gasteiger partial charge in [-0.25, -0.2) is 0 Å². The van der Waals surface area contributed by atoms with Crippen molar-refractivity contribution in [2.75, 3.05) is 26.2 Å². The molecule has 1 saturated carbocycles. The highest BCUT2D eigenvalue weighted by Crippen LogP contribution is 2.39. The van der Waals surface area contributed by atoms with Crippen LogP contribution in [0.2, 0.25) is 0 Å². The minimum Gasteiger partial charge on any atom is -0.388 e. The van der Waals surface area contributed by atoms with Crippen LogP contribution in [0.15, 0.2) is 0 Å². The van der Waals surface area contributed by atoms with E-state index in [1.54, 1.807) is 0 Å². The third-order valence-corrected chi connectivity index (χ3v) is 6.71. The molecule has 5 nitrogen and oxygen atoms in total. The molecule has 3 aliphatic rings. The molecule has 2 heterocycles. The van der Waals surface area contributed by atoms with E-state index in [2.05, 4.69) is 0 Å². The predicted molar refractivity (Wildman–Crippen MR) is 92.2 cm³/mol. The number of aliphatic hydroxyl groups is 1. The summed E-state index contributed by atoms with van der Waals surface area (Å²) in [5, 5.41) is 10.5. The fraction of sp³-hybridized carbons (Fsp3) is 0.895. The first-order chi connectivity index (χ1) is 11.2. The summed E-state index contributed by atoms with van der Waals surface area (Å²) >= 11 is 0. The van der Waals surface area contributed by atoms with Crippen molar-refractivity contribution in [1.82, 2.24) is 9.80 Å². The molecular weight excluding hydrogens is 304 g/mol. The Morgan fingerprint density at radius 3 is 1.83 bits per heavy atom. The lowest BCUT2D eigenvalue weighted by atomic mass is 9.79. The summed E-state index contributed by atoms with van der Waals surface area (Å²) in [4.78, 5) is 29.1. The zero-order chi connectivity index (χ0) is 17.5. The predicted octanol–water partition coefficient (Wildman–Crippen LogP) is 2.03. The summed E-state index contributed by atoms with van der Waals surface area (Å²) in [6, 6.07) is 0. The Morgan fingerprint density at radius 1 is 0.833 bits per heavy atom. The van der Waals surface area contributed by atoms with Gasteiger partial charge in [-0.05, 0) is 32.6 Å². The summed E-state index contributed by atoms with van der Waals surface area (Å²) < 4.78 is 0. The second-order valence-corrected chi connectivity index (χ2v) is 8.93. The molecule has 0 aromatic carbocycles. The highest BCUT2D eigenvalue weighted by molar-refractivity contribution is 5.81. The molecule has 136 valence electrons. The van der Waals surface area contributed by atoms with Gasteiger partial charge in [0.2, 0.25) is 11.8 Å². The Morgan fingerprint density at radius 2 is 1.33 bits per heavy atom. The van der Waals surface area contributed by atoms with Gasteiger partial charge in [-0.1, -0.05) is 26.7 Å². The molecule has 24 heavy (non-hydrogen) atoms. The number of nitrogens with zero attached hydrogens (tertiary/aromatic N) is 2. The zero-order valence-electron chi connectivity index (χ0n) is 15.4. The minimum atomic E-state index is -0.832. The third kappa shape index (κ3) is 3.19. The molecule has 1 atom stereocenters. The number of rotatable bonds is 2. The molecule has 0 bridgehead atoms. The highest BCUT2D eigenvalue weighted by atomic mass is 16.3. The smallest absolute Gasteiger partial charge is 0.225 e. The maximum atomic E-state index is 12.8. The molecule has 1 unspecified atom stereocenters. The topological polar surface area (TPSA) is 60.9 Å². The quantitative estimate of drug-likeness (QED) is 0.839. The van der Waals surface area contributed by atoms with Gasteiger partial charge in [0.1, 0.15) is 0 Å². The molecule has 3 rings (SSSR count). The van der Waals surface area contributed by atoms with Crippen molar-refractivity contribution in [3.8, 4) is 0 Å². The van der Waals surface area contributed by atoms with Crippen LogP contribution in [0.4, 0.5) is 0 Å². The normalized spacial score (nSPS) is 31.7. The molecule has 0 spiro atoms. The second kappa shape index (κ2) is 6.32. The standard InChI is InChI=1S/C19H32N2O3/c1-18(2)12-21(13-19(18,3)24)17(23)15-8-10-20(11-9-15)16(22)14-6-4-5-7-14/h14-15,24H,4-13H2,1-3H3. The van der Waals surface area contributed by atoms with Gasteiger partial charge in [0.15, 0.2) is 0 Å². The van der Waals surface area contributed by atoms with Crippen molar-refractivity contribution in [2.24, 2.45) is 17.3 Å². The lowest BCUT2D eigenvalue weighted by Gasteiger charge is -2.34. The number of amides is 2. The molecule has 0 aromatic rings. The number of β-amino-alcohol motifs (C(OH)–C–C–N with tert-alkyl or cyclic N) is 1. The number of piperidine rings is 1. The number of likely N-dealkylation sites (tertiary alicyclic amines) is 2. The number of hydrogen-bond acceptors (Lipinski definition) is 3. The van der Waals surface area contributed by atoms with Crippen LogP contribution in [-0.2, 0) is 9.59 Å². The summed E-state index contributed by atoms with van der Waals surface area (Å²) in [6.45, 7) is 8.30. The van der Waals surface area contributed by atoms with E-state index in [1.807, 2.05) is 30.6 Å². The minimum absolute atomic E-state index is 0.00216. The lowest BCUT2D eigenvalue weighted by Crippen LogP contribution is -2.46. The van der Waals surface area contributed by atoms with Gasteiger partial charge in [-0.2, -0.15) is 0 Å². The summed E-state index contributed by atoms with van der Waals surface area (Å²) in [7, 11) is 0. The third-order valence-electron chi connectivity index (χ3n) is 6.71. The van der Waals surface area contributed by atoms with E-state index < -0.39 is 5.60 Å². The Labute approximate surface area is 145 Å². The van der Waals surface area contributed by atoms with Gasteiger partial charge < -0.3 is 14.9 Å². The fourth-order valence-electron chi connectivity index (χ4n) is 4.48. The molecule has 0 radical (unpaired) electrons. The van der Waals surface area contributed by atoms with Gasteiger partial charge in [-0.3, -0.25) is 9.59 Å². The maximum Gasteiger partial charge on any atom is 0.225 e. The lowest BCUT2D eigenvalue weighted by molar-refractivity contribution is -0.142. The van der Waals surface area contributed by atoms with Crippen LogP contribution in [-0.4, -0.2) is 58.5 Å². The van der Waals surface area contributed by atoms with Crippen LogP contribution in [0.3, 0.4) is 0 Å². The maximum absolute atomic E-state index is 12.8. The van der Waals surface area contributed by atoms with Gasteiger partial charge in [0.25, 0.3) is 0 Å². The summed E-state index contributed by atoms with van der Waals surface area (Å²) in [6.07, 6.45) is 5.95. The van der Waals surface area contributed by atoms with E-state index in [4.69, 9.17) is 0 Å². The molecule has 2 amide bonds. The Hall–Kier alpha value is -1.10. The van der Waals surface area contributed by atoms with Crippen molar-refractivity contribution < 1.29 is 14.7 Å². The number of carbonyl (C=O) groups excluding carboxylic acids is 2. The molecule has 2 aliphatic heterocycles. The van der Waals surface area contributed by atoms with Gasteiger partial charge in [0, 0.05) is 43.4 Å². The highest BCUT2D eigenvalue weighted by Gasteiger charge is 2.50. The summed E-state index contributed by atoms with van der Waals surface area (Å²) in [5.74, 6) is 0.700. The second-order valence-electron chi connectivity index (χ2n) is 8.93. The van der Waals surface area contributed by atoms with Crippen molar-refractivity contribution in [1.29, 1.82) is 0 Å². The first kappa shape index (κ1) is 17.7. The van der Waals surface area contributed by atoms with E-state index in [1.165, 1.54) is 12.8 Å². The SMILES string of the molecule is CC1(C)CN(C(=O)C2CCN(C(=O)C3CCCC3)CC2)CC1(C)O. The van der Waals surface area contributed by atoms with Crippen molar-refractivity contribution in [3.63, 3.8) is 0 Å². The average molecular weight is 336 g/mol. The van der Waals surface area contributed by atoms with Crippen molar-refractivity contribution in [2.45, 2.75) is 64.9 Å². The van der Waals surface area contributed by atoms with Gasteiger partial charge >= 0.3 is 0 Å². The van der Waals surface area contributed by atoms with E-state index in [9.17, 15) is 14.7 Å². The van der Waals surface area contributed by atoms with Crippen LogP contribution >= 0.6 is 0 Å². The fourth-order valence-corrected chi connectivity index (χ4v) is 4.48. The number of hydrogen-bond donors (Lipinski definition) is 1. The van der Waals surface area contributed by atoms with E-state index in [-0.39, 0.29) is 23.2 Å². The van der Waals surface area contributed by atoms with E-state index in [0.717, 1.165) is 25.7 Å². The first-order valence-corrected chi connectivity index (χ1v) is 9.51. The Kier molecular flexibility index (Phi) is 4.67.